The van der Waals surface area contributed by atoms with E-state index < -0.39 is 0 Å². The van der Waals surface area contributed by atoms with Crippen LogP contribution in [0.15, 0.2) is 23.6 Å². The minimum atomic E-state index is 0.0716. The first-order valence-corrected chi connectivity index (χ1v) is 5.58. The van der Waals surface area contributed by atoms with Crippen molar-refractivity contribution in [2.24, 2.45) is 5.73 Å². The summed E-state index contributed by atoms with van der Waals surface area (Å²) in [4.78, 5) is 1.95. The van der Waals surface area contributed by atoms with E-state index in [2.05, 4.69) is 0 Å². The number of phenols is 1. The molecule has 0 saturated carbocycles. The van der Waals surface area contributed by atoms with E-state index in [9.17, 15) is 5.11 Å². The maximum atomic E-state index is 10.1. The first-order chi connectivity index (χ1) is 8.52. The molecule has 5 nitrogen and oxygen atoms in total. The van der Waals surface area contributed by atoms with Crippen molar-refractivity contribution >= 4 is 0 Å². The molecule has 0 aromatic heterocycles. The van der Waals surface area contributed by atoms with Crippen molar-refractivity contribution in [3.63, 3.8) is 0 Å². The van der Waals surface area contributed by atoms with Gasteiger partial charge in [-0.3, -0.25) is 0 Å². The highest BCUT2D eigenvalue weighted by Crippen LogP contribution is 2.39. The van der Waals surface area contributed by atoms with Crippen molar-refractivity contribution in [3.05, 3.63) is 34.7 Å². The smallest absolute Gasteiger partial charge is 0.205 e. The second-order valence-corrected chi connectivity index (χ2v) is 4.53. The number of phenolic OH excluding ortho intramolecular Hbond substituents is 1. The number of nitrogens with two attached hydrogens (primary N) is 1. The summed E-state index contributed by atoms with van der Waals surface area (Å²) in [6, 6.07) is 5.70. The molecule has 0 radical (unpaired) electrons. The number of fused-ring (bicyclic) bond motifs is 1. The number of nitrogens with zero attached hydrogens (tertiary/aromatic N) is 2. The minimum Gasteiger partial charge on any atom is -0.504 e. The van der Waals surface area contributed by atoms with Crippen LogP contribution in [0.1, 0.15) is 11.1 Å². The molecule has 3 N–H and O–H groups in total. The van der Waals surface area contributed by atoms with Gasteiger partial charge < -0.3 is 20.5 Å². The van der Waals surface area contributed by atoms with Gasteiger partial charge in [0, 0.05) is 24.1 Å². The number of aromatic hydroxyl groups is 1. The number of benzene rings is 1. The Kier molecular flexibility index (Phi) is 3.13. The molecule has 1 heterocycles. The van der Waals surface area contributed by atoms with Gasteiger partial charge in [-0.05, 0) is 14.1 Å². The maximum absolute atomic E-state index is 10.1. The van der Waals surface area contributed by atoms with Crippen molar-refractivity contribution in [2.75, 3.05) is 14.1 Å². The number of rotatable bonds is 2. The molecule has 1 aromatic carbocycles. The van der Waals surface area contributed by atoms with Gasteiger partial charge in [0.15, 0.2) is 11.5 Å². The van der Waals surface area contributed by atoms with Gasteiger partial charge in [0.2, 0.25) is 5.88 Å². The number of allylic oxidation sites excluding steroid dienone is 1. The predicted molar refractivity (Wildman–Crippen MR) is 66.7 cm³/mol. The fraction of sp³-hybridized carbons (Fsp3) is 0.308. The normalized spacial score (nSPS) is 14.1. The van der Waals surface area contributed by atoms with Crippen LogP contribution in [-0.4, -0.2) is 24.1 Å². The topological polar surface area (TPSA) is 82.5 Å². The van der Waals surface area contributed by atoms with Gasteiger partial charge >= 0.3 is 0 Å². The van der Waals surface area contributed by atoms with Crippen LogP contribution in [0.5, 0.6) is 11.5 Å². The molecular weight excluding hydrogens is 230 g/mol. The third kappa shape index (κ3) is 2.11. The molecule has 0 spiro atoms. The zero-order valence-electron chi connectivity index (χ0n) is 10.4. The highest BCUT2D eigenvalue weighted by Gasteiger charge is 2.22. The summed E-state index contributed by atoms with van der Waals surface area (Å²) in [5, 5.41) is 19.0. The number of ether oxygens (including phenoxy) is 1. The van der Waals surface area contributed by atoms with Crippen molar-refractivity contribution in [1.29, 1.82) is 5.26 Å². The van der Waals surface area contributed by atoms with Crippen molar-refractivity contribution < 1.29 is 9.84 Å². The molecule has 1 aromatic rings. The largest absolute Gasteiger partial charge is 0.504 e. The lowest BCUT2D eigenvalue weighted by atomic mass is 10.00. The highest BCUT2D eigenvalue weighted by molar-refractivity contribution is 5.55. The van der Waals surface area contributed by atoms with Gasteiger partial charge in [-0.2, -0.15) is 5.26 Å². The van der Waals surface area contributed by atoms with E-state index in [1.54, 1.807) is 0 Å². The first-order valence-electron chi connectivity index (χ1n) is 5.58. The van der Waals surface area contributed by atoms with Crippen LogP contribution in [-0.2, 0) is 13.0 Å². The summed E-state index contributed by atoms with van der Waals surface area (Å²) in [5.74, 6) is 0.536. The van der Waals surface area contributed by atoms with Crippen molar-refractivity contribution in [2.45, 2.75) is 13.0 Å². The van der Waals surface area contributed by atoms with Crippen LogP contribution in [0.3, 0.4) is 0 Å². The van der Waals surface area contributed by atoms with Crippen LogP contribution >= 0.6 is 0 Å². The molecule has 0 bridgehead atoms. The average Bonchev–Trinajstić information content (AvgIpc) is 2.32. The Morgan fingerprint density at radius 3 is 2.83 bits per heavy atom. The second kappa shape index (κ2) is 4.59. The Morgan fingerprint density at radius 2 is 2.22 bits per heavy atom. The summed E-state index contributed by atoms with van der Waals surface area (Å²) in [7, 11) is 3.84. The lowest BCUT2D eigenvalue weighted by Gasteiger charge is -2.21. The molecule has 1 aliphatic rings. The van der Waals surface area contributed by atoms with Gasteiger partial charge in [0.05, 0.1) is 5.57 Å². The zero-order chi connectivity index (χ0) is 13.3. The molecular formula is C13H15N3O2. The van der Waals surface area contributed by atoms with Crippen molar-refractivity contribution in [3.8, 4) is 17.6 Å². The average molecular weight is 245 g/mol. The molecule has 0 atom stereocenters. The Morgan fingerprint density at radius 1 is 1.50 bits per heavy atom. The zero-order valence-corrected chi connectivity index (χ0v) is 10.4. The summed E-state index contributed by atoms with van der Waals surface area (Å²) in [6.07, 6.45) is 0.396. The number of nitriles is 1. The molecule has 0 amide bonds. The summed E-state index contributed by atoms with van der Waals surface area (Å²) < 4.78 is 5.35. The Balaban J connectivity index is 2.41. The monoisotopic (exact) mass is 245 g/mol. The number of hydrogen-bond acceptors (Lipinski definition) is 5. The van der Waals surface area contributed by atoms with Crippen LogP contribution in [0.25, 0.3) is 0 Å². The Hall–Kier alpha value is -2.19. The Bertz CT molecular complexity index is 556. The summed E-state index contributed by atoms with van der Waals surface area (Å²) >= 11 is 0. The van der Waals surface area contributed by atoms with Crippen LogP contribution < -0.4 is 10.5 Å². The summed E-state index contributed by atoms with van der Waals surface area (Å²) in [5.41, 5.74) is 7.58. The van der Waals surface area contributed by atoms with E-state index >= 15 is 0 Å². The SMILES string of the molecule is CN(C)Cc1ccc2c(c1O)OC(N)=C(C#N)C2. The van der Waals surface area contributed by atoms with Gasteiger partial charge in [0.25, 0.3) is 0 Å². The fourth-order valence-corrected chi connectivity index (χ4v) is 1.92. The van der Waals surface area contributed by atoms with Gasteiger partial charge in [0.1, 0.15) is 6.07 Å². The predicted octanol–water partition coefficient (Wildman–Crippen LogP) is 1.08. The van der Waals surface area contributed by atoms with E-state index in [1.165, 1.54) is 0 Å². The lowest BCUT2D eigenvalue weighted by Crippen LogP contribution is -2.17. The molecule has 0 fully saturated rings. The van der Waals surface area contributed by atoms with E-state index in [0.717, 1.165) is 11.1 Å². The highest BCUT2D eigenvalue weighted by atomic mass is 16.5. The third-order valence-electron chi connectivity index (χ3n) is 2.79. The summed E-state index contributed by atoms with van der Waals surface area (Å²) in [6.45, 7) is 0.608. The molecule has 18 heavy (non-hydrogen) atoms. The fourth-order valence-electron chi connectivity index (χ4n) is 1.92. The number of hydrogen-bond donors (Lipinski definition) is 2. The van der Waals surface area contributed by atoms with Gasteiger partial charge in [-0.25, -0.2) is 0 Å². The standard InChI is InChI=1S/C13H15N3O2/c1-16(2)7-9-4-3-8-5-10(6-14)13(15)18-12(8)11(9)17/h3-4,17H,5,7,15H2,1-2H3. The second-order valence-electron chi connectivity index (χ2n) is 4.53. The molecule has 0 saturated heterocycles. The minimum absolute atomic E-state index is 0.0716. The quantitative estimate of drug-likeness (QED) is 0.814. The van der Waals surface area contributed by atoms with Crippen LogP contribution in [0.2, 0.25) is 0 Å². The maximum Gasteiger partial charge on any atom is 0.205 e. The van der Waals surface area contributed by atoms with Crippen LogP contribution in [0.4, 0.5) is 0 Å². The molecule has 2 rings (SSSR count). The molecule has 94 valence electrons. The Labute approximate surface area is 106 Å². The lowest BCUT2D eigenvalue weighted by molar-refractivity contribution is 0.348. The van der Waals surface area contributed by atoms with Crippen molar-refractivity contribution in [1.82, 2.24) is 4.90 Å². The van der Waals surface area contributed by atoms with E-state index in [1.807, 2.05) is 37.2 Å². The van der Waals surface area contributed by atoms with Crippen LogP contribution in [0, 0.1) is 11.3 Å². The molecule has 5 heteroatoms. The van der Waals surface area contributed by atoms with E-state index in [0.29, 0.717) is 24.3 Å². The first kappa shape index (κ1) is 12.3. The van der Waals surface area contributed by atoms with E-state index in [-0.39, 0.29) is 11.6 Å². The van der Waals surface area contributed by atoms with Gasteiger partial charge in [-0.1, -0.05) is 12.1 Å². The van der Waals surface area contributed by atoms with Gasteiger partial charge in [-0.15, -0.1) is 0 Å². The molecule has 0 aliphatic carbocycles. The third-order valence-corrected chi connectivity index (χ3v) is 2.79. The molecule has 1 aliphatic heterocycles. The van der Waals surface area contributed by atoms with E-state index in [4.69, 9.17) is 15.7 Å². The molecule has 0 unspecified atom stereocenters.